The Kier molecular flexibility index (Phi) is 12.6. The molecule has 0 saturated heterocycles. The summed E-state index contributed by atoms with van der Waals surface area (Å²) in [5.41, 5.74) is 2.72. The minimum atomic E-state index is -1.09. The molecule has 226 valence electrons. The first-order valence-corrected chi connectivity index (χ1v) is 15.1. The number of benzene rings is 3. The summed E-state index contributed by atoms with van der Waals surface area (Å²) < 4.78 is 28.9. The number of aliphatic hydroxyl groups excluding tert-OH is 1. The second kappa shape index (κ2) is 15.9. The minimum absolute atomic E-state index is 0.00703. The number of carbonyl (C=O) groups excluding carboxylic acids is 2. The predicted octanol–water partition coefficient (Wildman–Crippen LogP) is 6.35. The number of amides is 2. The normalized spacial score (nSPS) is 13.3. The molecule has 0 aliphatic carbocycles. The van der Waals surface area contributed by atoms with Gasteiger partial charge in [0.15, 0.2) is 0 Å². The first-order valence-electron chi connectivity index (χ1n) is 14.3. The third-order valence-corrected chi connectivity index (χ3v) is 7.49. The average Bonchev–Trinajstić information content (AvgIpc) is 2.94. The molecule has 0 aromatic heterocycles. The first-order chi connectivity index (χ1) is 20.0. The Morgan fingerprint density at radius 1 is 0.952 bits per heavy atom. The van der Waals surface area contributed by atoms with Gasteiger partial charge in [0, 0.05) is 47.3 Å². The lowest BCUT2D eigenvalue weighted by Gasteiger charge is -2.27. The predicted molar refractivity (Wildman–Crippen MR) is 166 cm³/mol. The molecule has 3 rings (SSSR count). The molecule has 0 aliphatic heterocycles. The van der Waals surface area contributed by atoms with Crippen LogP contribution in [0.5, 0.6) is 0 Å². The molecule has 9 heteroatoms. The zero-order valence-electron chi connectivity index (χ0n) is 24.6. The van der Waals surface area contributed by atoms with Gasteiger partial charge in [0.1, 0.15) is 11.6 Å². The van der Waals surface area contributed by atoms with E-state index in [2.05, 4.69) is 26.6 Å². The summed E-state index contributed by atoms with van der Waals surface area (Å²) >= 11 is 3.46. The molecule has 0 heterocycles. The third-order valence-electron chi connectivity index (χ3n) is 7.00. The van der Waals surface area contributed by atoms with E-state index in [1.165, 1.54) is 12.1 Å². The van der Waals surface area contributed by atoms with Gasteiger partial charge in [0.25, 0.3) is 11.8 Å². The Labute approximate surface area is 255 Å². The second-order valence-corrected chi connectivity index (χ2v) is 11.6. The molecule has 6 nitrogen and oxygen atoms in total. The highest BCUT2D eigenvalue weighted by Gasteiger charge is 2.25. The molecule has 0 spiro atoms. The van der Waals surface area contributed by atoms with Crippen LogP contribution < -0.4 is 10.6 Å². The highest BCUT2D eigenvalue weighted by Crippen LogP contribution is 2.19. The van der Waals surface area contributed by atoms with E-state index in [0.717, 1.165) is 34.5 Å². The summed E-state index contributed by atoms with van der Waals surface area (Å²) in [7, 11) is 0. The average molecular weight is 645 g/mol. The fourth-order valence-corrected chi connectivity index (χ4v) is 5.34. The van der Waals surface area contributed by atoms with Crippen LogP contribution in [-0.2, 0) is 6.42 Å². The van der Waals surface area contributed by atoms with Gasteiger partial charge in [-0.2, -0.15) is 0 Å². The van der Waals surface area contributed by atoms with Gasteiger partial charge in [-0.1, -0.05) is 41.9 Å². The standard InChI is InChI=1S/C33H40BrF2N3O3/c1-5-10-39(11-6-2)33(42)26-13-21(3)12-25(17-26)32(41)38-30(16-23-14-28(35)19-29(36)15-23)31(40)20-37-22(4)24-8-7-9-27(34)18-24/h7-9,12-15,17-19,22,30-31,37,40H,5-6,10-11,16,20H2,1-4H3,(H,38,41)/t22-,30+,31-/m1/s1. The highest BCUT2D eigenvalue weighted by atomic mass is 79.9. The van der Waals surface area contributed by atoms with Gasteiger partial charge in [-0.25, -0.2) is 8.78 Å². The smallest absolute Gasteiger partial charge is 0.253 e. The number of nitrogens with one attached hydrogen (secondary N) is 2. The first kappa shape index (κ1) is 33.4. The molecule has 0 aliphatic rings. The Morgan fingerprint density at radius 3 is 2.21 bits per heavy atom. The van der Waals surface area contributed by atoms with Crippen molar-refractivity contribution in [3.63, 3.8) is 0 Å². The number of carbonyl (C=O) groups is 2. The number of hydrogen-bond acceptors (Lipinski definition) is 4. The van der Waals surface area contributed by atoms with Crippen molar-refractivity contribution >= 4 is 27.7 Å². The maximum atomic E-state index is 14.0. The molecule has 3 N–H and O–H groups in total. The fourth-order valence-electron chi connectivity index (χ4n) is 4.93. The molecule has 3 aromatic carbocycles. The Balaban J connectivity index is 1.83. The van der Waals surface area contributed by atoms with Crippen LogP contribution in [0.15, 0.2) is 65.1 Å². The summed E-state index contributed by atoms with van der Waals surface area (Å²) in [5, 5.41) is 17.3. The van der Waals surface area contributed by atoms with Crippen LogP contribution in [0.2, 0.25) is 0 Å². The Hall–Kier alpha value is -3.14. The molecule has 0 unspecified atom stereocenters. The van der Waals surface area contributed by atoms with Gasteiger partial charge in [0.05, 0.1) is 12.1 Å². The number of hydrogen-bond donors (Lipinski definition) is 3. The van der Waals surface area contributed by atoms with E-state index in [9.17, 15) is 23.5 Å². The van der Waals surface area contributed by atoms with Gasteiger partial charge in [-0.05, 0) is 92.3 Å². The monoisotopic (exact) mass is 643 g/mol. The molecular formula is C33H40BrF2N3O3. The summed E-state index contributed by atoms with van der Waals surface area (Å²) in [5.74, 6) is -2.12. The van der Waals surface area contributed by atoms with E-state index in [0.29, 0.717) is 24.2 Å². The zero-order valence-corrected chi connectivity index (χ0v) is 26.2. The van der Waals surface area contributed by atoms with Crippen molar-refractivity contribution in [3.05, 3.63) is 105 Å². The van der Waals surface area contributed by atoms with Crippen molar-refractivity contribution in [3.8, 4) is 0 Å². The largest absolute Gasteiger partial charge is 0.390 e. The van der Waals surface area contributed by atoms with Gasteiger partial charge < -0.3 is 20.6 Å². The van der Waals surface area contributed by atoms with E-state index < -0.39 is 29.7 Å². The lowest BCUT2D eigenvalue weighted by molar-refractivity contribution is 0.0755. The van der Waals surface area contributed by atoms with Crippen molar-refractivity contribution in [1.82, 2.24) is 15.5 Å². The molecular weight excluding hydrogens is 604 g/mol. The van der Waals surface area contributed by atoms with Crippen LogP contribution >= 0.6 is 15.9 Å². The van der Waals surface area contributed by atoms with E-state index in [-0.39, 0.29) is 30.5 Å². The number of halogens is 3. The molecule has 42 heavy (non-hydrogen) atoms. The van der Waals surface area contributed by atoms with Crippen molar-refractivity contribution < 1.29 is 23.5 Å². The van der Waals surface area contributed by atoms with Crippen LogP contribution in [0.3, 0.4) is 0 Å². The Bertz CT molecular complexity index is 1340. The van der Waals surface area contributed by atoms with Gasteiger partial charge >= 0.3 is 0 Å². The van der Waals surface area contributed by atoms with Crippen LogP contribution in [0.4, 0.5) is 8.78 Å². The molecule has 3 atom stereocenters. The SMILES string of the molecule is CCCN(CCC)C(=O)c1cc(C)cc(C(=O)N[C@@H](Cc2cc(F)cc(F)c2)[C@H](O)CN[C@H](C)c2cccc(Br)c2)c1. The lowest BCUT2D eigenvalue weighted by atomic mass is 9.99. The topological polar surface area (TPSA) is 81.7 Å². The number of aliphatic hydroxyl groups is 1. The maximum Gasteiger partial charge on any atom is 0.253 e. The summed E-state index contributed by atoms with van der Waals surface area (Å²) in [6, 6.07) is 14.9. The number of rotatable bonds is 14. The fraction of sp³-hybridized carbons (Fsp3) is 0.394. The van der Waals surface area contributed by atoms with Gasteiger partial charge in [0.2, 0.25) is 0 Å². The molecule has 0 fully saturated rings. The van der Waals surface area contributed by atoms with Crippen LogP contribution in [-0.4, -0.2) is 53.6 Å². The van der Waals surface area contributed by atoms with Crippen molar-refractivity contribution in [1.29, 1.82) is 0 Å². The van der Waals surface area contributed by atoms with Gasteiger partial charge in [-0.15, -0.1) is 0 Å². The molecule has 0 radical (unpaired) electrons. The number of nitrogens with zero attached hydrogens (tertiary/aromatic N) is 1. The molecule has 0 saturated carbocycles. The minimum Gasteiger partial charge on any atom is -0.390 e. The van der Waals surface area contributed by atoms with Crippen molar-refractivity contribution in [2.45, 2.75) is 65.1 Å². The summed E-state index contributed by atoms with van der Waals surface area (Å²) in [6.45, 7) is 9.13. The highest BCUT2D eigenvalue weighted by molar-refractivity contribution is 9.10. The van der Waals surface area contributed by atoms with Crippen LogP contribution in [0.1, 0.15) is 77.1 Å². The molecule has 2 amide bonds. The zero-order chi connectivity index (χ0) is 30.8. The lowest BCUT2D eigenvalue weighted by Crippen LogP contribution is -2.49. The van der Waals surface area contributed by atoms with Crippen molar-refractivity contribution in [2.75, 3.05) is 19.6 Å². The van der Waals surface area contributed by atoms with Crippen LogP contribution in [0, 0.1) is 18.6 Å². The molecule has 0 bridgehead atoms. The van der Waals surface area contributed by atoms with E-state index >= 15 is 0 Å². The maximum absolute atomic E-state index is 14.0. The van der Waals surface area contributed by atoms with E-state index in [1.54, 1.807) is 23.1 Å². The van der Waals surface area contributed by atoms with E-state index in [4.69, 9.17) is 0 Å². The third kappa shape index (κ3) is 9.71. The number of aryl methyl sites for hydroxylation is 1. The Morgan fingerprint density at radius 2 is 1.60 bits per heavy atom. The molecule has 3 aromatic rings. The second-order valence-electron chi connectivity index (χ2n) is 10.7. The van der Waals surface area contributed by atoms with E-state index in [1.807, 2.05) is 52.0 Å². The van der Waals surface area contributed by atoms with Gasteiger partial charge in [-0.3, -0.25) is 9.59 Å². The van der Waals surface area contributed by atoms with Crippen molar-refractivity contribution in [2.24, 2.45) is 0 Å². The quantitative estimate of drug-likeness (QED) is 0.191. The summed E-state index contributed by atoms with van der Waals surface area (Å²) in [6.07, 6.45) is 0.538. The summed E-state index contributed by atoms with van der Waals surface area (Å²) in [4.78, 5) is 28.5. The van der Waals surface area contributed by atoms with Crippen LogP contribution in [0.25, 0.3) is 0 Å².